The van der Waals surface area contributed by atoms with E-state index in [4.69, 9.17) is 11.6 Å². The van der Waals surface area contributed by atoms with E-state index in [1.807, 2.05) is 12.1 Å². The molecule has 25 heavy (non-hydrogen) atoms. The smallest absolute Gasteiger partial charge is 0.354 e. The van der Waals surface area contributed by atoms with Crippen molar-refractivity contribution in [2.75, 3.05) is 0 Å². The molecule has 0 aliphatic rings. The standard InChI is InChI=1S/C20H19ClN2O2/c1-13(2)11-14-3-5-15(6-4-14)18-12-19(20(24)25)23(22-18)17-9-7-16(21)8-10-17/h3-10,12-13H,11H2,1-2H3,(H,24,25). The molecule has 0 saturated carbocycles. The topological polar surface area (TPSA) is 55.1 Å². The summed E-state index contributed by atoms with van der Waals surface area (Å²) in [7, 11) is 0. The third kappa shape index (κ3) is 3.91. The molecule has 0 aliphatic carbocycles. The van der Waals surface area contributed by atoms with Gasteiger partial charge >= 0.3 is 5.97 Å². The van der Waals surface area contributed by atoms with E-state index < -0.39 is 5.97 Å². The van der Waals surface area contributed by atoms with E-state index in [0.717, 1.165) is 12.0 Å². The summed E-state index contributed by atoms with van der Waals surface area (Å²) in [5, 5.41) is 14.6. The molecular formula is C20H19ClN2O2. The summed E-state index contributed by atoms with van der Waals surface area (Å²) < 4.78 is 1.43. The summed E-state index contributed by atoms with van der Waals surface area (Å²) in [6, 6.07) is 16.6. The summed E-state index contributed by atoms with van der Waals surface area (Å²) in [6.07, 6.45) is 1.01. The minimum atomic E-state index is -1.02. The van der Waals surface area contributed by atoms with E-state index in [9.17, 15) is 9.90 Å². The Hall–Kier alpha value is -2.59. The Morgan fingerprint density at radius 3 is 2.32 bits per heavy atom. The van der Waals surface area contributed by atoms with Gasteiger partial charge in [0.15, 0.2) is 5.69 Å². The SMILES string of the molecule is CC(C)Cc1ccc(-c2cc(C(=O)O)n(-c3ccc(Cl)cc3)n2)cc1. The van der Waals surface area contributed by atoms with Crippen LogP contribution < -0.4 is 0 Å². The zero-order valence-corrected chi connectivity index (χ0v) is 14.9. The van der Waals surface area contributed by atoms with Gasteiger partial charge in [0.05, 0.1) is 11.4 Å². The number of hydrogen-bond donors (Lipinski definition) is 1. The van der Waals surface area contributed by atoms with Gasteiger partial charge in [-0.25, -0.2) is 9.48 Å². The van der Waals surface area contributed by atoms with Gasteiger partial charge in [0.2, 0.25) is 0 Å². The lowest BCUT2D eigenvalue weighted by atomic mass is 10.0. The quantitative estimate of drug-likeness (QED) is 0.694. The molecule has 0 saturated heterocycles. The number of halogens is 1. The molecule has 0 unspecified atom stereocenters. The molecule has 0 spiro atoms. The predicted octanol–water partition coefficient (Wildman–Crippen LogP) is 5.09. The van der Waals surface area contributed by atoms with Gasteiger partial charge in [-0.05, 0) is 48.2 Å². The normalized spacial score (nSPS) is 11.0. The molecule has 0 atom stereocenters. The van der Waals surface area contributed by atoms with Crippen molar-refractivity contribution in [1.29, 1.82) is 0 Å². The van der Waals surface area contributed by atoms with E-state index in [-0.39, 0.29) is 5.69 Å². The fourth-order valence-electron chi connectivity index (χ4n) is 2.74. The van der Waals surface area contributed by atoms with Crippen LogP contribution in [0.5, 0.6) is 0 Å². The molecule has 2 aromatic carbocycles. The lowest BCUT2D eigenvalue weighted by Crippen LogP contribution is -2.07. The van der Waals surface area contributed by atoms with Crippen LogP contribution in [0.4, 0.5) is 0 Å². The summed E-state index contributed by atoms with van der Waals surface area (Å²) in [5.41, 5.74) is 3.55. The highest BCUT2D eigenvalue weighted by Gasteiger charge is 2.16. The largest absolute Gasteiger partial charge is 0.477 e. The number of carboxylic acid groups (broad SMARTS) is 1. The van der Waals surface area contributed by atoms with Crippen LogP contribution in [0.25, 0.3) is 16.9 Å². The lowest BCUT2D eigenvalue weighted by Gasteiger charge is -2.06. The van der Waals surface area contributed by atoms with E-state index in [1.165, 1.54) is 10.2 Å². The van der Waals surface area contributed by atoms with Gasteiger partial charge in [-0.15, -0.1) is 0 Å². The second kappa shape index (κ2) is 7.11. The fraction of sp³-hybridized carbons (Fsp3) is 0.200. The van der Waals surface area contributed by atoms with Crippen molar-refractivity contribution < 1.29 is 9.90 Å². The Labute approximate surface area is 151 Å². The van der Waals surface area contributed by atoms with Crippen LogP contribution in [0, 0.1) is 5.92 Å². The number of carboxylic acids is 1. The maximum atomic E-state index is 11.6. The molecule has 5 heteroatoms. The van der Waals surface area contributed by atoms with Gasteiger partial charge in [-0.2, -0.15) is 5.10 Å². The third-order valence-corrected chi connectivity index (χ3v) is 4.15. The molecule has 128 valence electrons. The first kappa shape index (κ1) is 17.2. The van der Waals surface area contributed by atoms with Gasteiger partial charge in [0, 0.05) is 10.6 Å². The number of nitrogens with zero attached hydrogens (tertiary/aromatic N) is 2. The molecule has 0 aliphatic heterocycles. The zero-order valence-electron chi connectivity index (χ0n) is 14.1. The highest BCUT2D eigenvalue weighted by molar-refractivity contribution is 6.30. The van der Waals surface area contributed by atoms with Crippen molar-refractivity contribution in [2.45, 2.75) is 20.3 Å². The Morgan fingerprint density at radius 1 is 1.12 bits per heavy atom. The van der Waals surface area contributed by atoms with Crippen LogP contribution in [0.2, 0.25) is 5.02 Å². The van der Waals surface area contributed by atoms with Crippen LogP contribution in [0.15, 0.2) is 54.6 Å². The molecule has 1 aromatic heterocycles. The van der Waals surface area contributed by atoms with Gasteiger partial charge in [-0.1, -0.05) is 49.7 Å². The Morgan fingerprint density at radius 2 is 1.76 bits per heavy atom. The Kier molecular flexibility index (Phi) is 4.91. The molecule has 1 N–H and O–H groups in total. The third-order valence-electron chi connectivity index (χ3n) is 3.89. The number of aromatic nitrogens is 2. The molecule has 3 rings (SSSR count). The number of carbonyl (C=O) groups is 1. The first-order valence-electron chi connectivity index (χ1n) is 8.12. The Balaban J connectivity index is 1.99. The van der Waals surface area contributed by atoms with E-state index in [0.29, 0.717) is 22.3 Å². The van der Waals surface area contributed by atoms with Crippen LogP contribution in [-0.4, -0.2) is 20.9 Å². The second-order valence-corrected chi connectivity index (χ2v) is 6.84. The van der Waals surface area contributed by atoms with Crippen molar-refractivity contribution in [3.8, 4) is 16.9 Å². The first-order valence-corrected chi connectivity index (χ1v) is 8.50. The van der Waals surface area contributed by atoms with Crippen LogP contribution in [0.1, 0.15) is 29.9 Å². The molecule has 0 radical (unpaired) electrons. The van der Waals surface area contributed by atoms with Crippen LogP contribution in [0.3, 0.4) is 0 Å². The summed E-state index contributed by atoms with van der Waals surface area (Å²) in [6.45, 7) is 4.36. The molecule has 1 heterocycles. The zero-order chi connectivity index (χ0) is 18.0. The summed E-state index contributed by atoms with van der Waals surface area (Å²) in [5.74, 6) is -0.432. The van der Waals surface area contributed by atoms with E-state index in [2.05, 4.69) is 31.1 Å². The monoisotopic (exact) mass is 354 g/mol. The molecule has 3 aromatic rings. The average molecular weight is 355 g/mol. The minimum absolute atomic E-state index is 0.114. The molecule has 4 nitrogen and oxygen atoms in total. The van der Waals surface area contributed by atoms with Crippen LogP contribution >= 0.6 is 11.6 Å². The molecule has 0 amide bonds. The highest BCUT2D eigenvalue weighted by atomic mass is 35.5. The van der Waals surface area contributed by atoms with E-state index >= 15 is 0 Å². The van der Waals surface area contributed by atoms with Crippen LogP contribution in [-0.2, 0) is 6.42 Å². The van der Waals surface area contributed by atoms with Gasteiger partial charge < -0.3 is 5.11 Å². The summed E-state index contributed by atoms with van der Waals surface area (Å²) in [4.78, 5) is 11.6. The number of hydrogen-bond acceptors (Lipinski definition) is 2. The average Bonchev–Trinajstić information content (AvgIpc) is 3.01. The van der Waals surface area contributed by atoms with Crippen molar-refractivity contribution >= 4 is 17.6 Å². The second-order valence-electron chi connectivity index (χ2n) is 6.40. The van der Waals surface area contributed by atoms with Crippen molar-refractivity contribution in [3.05, 3.63) is 70.9 Å². The number of benzene rings is 2. The van der Waals surface area contributed by atoms with Crippen molar-refractivity contribution in [2.24, 2.45) is 5.92 Å². The maximum absolute atomic E-state index is 11.6. The van der Waals surface area contributed by atoms with Gasteiger partial charge in [0.1, 0.15) is 0 Å². The van der Waals surface area contributed by atoms with Crippen molar-refractivity contribution in [3.63, 3.8) is 0 Å². The van der Waals surface area contributed by atoms with E-state index in [1.54, 1.807) is 30.3 Å². The summed E-state index contributed by atoms with van der Waals surface area (Å²) >= 11 is 5.91. The first-order chi connectivity index (χ1) is 11.9. The molecule has 0 bridgehead atoms. The maximum Gasteiger partial charge on any atom is 0.354 e. The molecule has 0 fully saturated rings. The van der Waals surface area contributed by atoms with Gasteiger partial charge in [0.25, 0.3) is 0 Å². The lowest BCUT2D eigenvalue weighted by molar-refractivity contribution is 0.0687. The molecular weight excluding hydrogens is 336 g/mol. The van der Waals surface area contributed by atoms with Gasteiger partial charge in [-0.3, -0.25) is 0 Å². The number of rotatable bonds is 5. The predicted molar refractivity (Wildman–Crippen MR) is 99.5 cm³/mol. The number of aromatic carboxylic acids is 1. The minimum Gasteiger partial charge on any atom is -0.477 e. The van der Waals surface area contributed by atoms with Crippen molar-refractivity contribution in [1.82, 2.24) is 9.78 Å². The highest BCUT2D eigenvalue weighted by Crippen LogP contribution is 2.23. The Bertz CT molecular complexity index is 881. The fourth-order valence-corrected chi connectivity index (χ4v) is 2.86.